The van der Waals surface area contributed by atoms with E-state index in [-0.39, 0.29) is 11.1 Å². The zero-order valence-corrected chi connectivity index (χ0v) is 11.9. The van der Waals surface area contributed by atoms with Crippen molar-refractivity contribution in [2.75, 3.05) is 13.2 Å². The zero-order chi connectivity index (χ0) is 15.2. The number of aromatic nitrogens is 2. The highest BCUT2D eigenvalue weighted by atomic mass is 16.5. The van der Waals surface area contributed by atoms with Gasteiger partial charge in [0.05, 0.1) is 10.9 Å². The van der Waals surface area contributed by atoms with Crippen LogP contribution in [0.4, 0.5) is 0 Å². The number of hydrogen-bond donors (Lipinski definition) is 1. The Bertz CT molecular complexity index is 783. The normalized spacial score (nSPS) is 10.7. The summed E-state index contributed by atoms with van der Waals surface area (Å²) in [5, 5.41) is 9.22. The number of hydrogen-bond acceptors (Lipinski definition) is 4. The first kappa shape index (κ1) is 15.0. The minimum atomic E-state index is -0.477. The van der Waals surface area contributed by atoms with E-state index in [4.69, 9.17) is 10.00 Å². The Morgan fingerprint density at radius 2 is 2.19 bits per heavy atom. The van der Waals surface area contributed by atoms with E-state index in [0.29, 0.717) is 24.1 Å². The lowest BCUT2D eigenvalue weighted by Gasteiger charge is -2.07. The number of fused-ring (bicyclic) bond motifs is 1. The van der Waals surface area contributed by atoms with Crippen LogP contribution in [-0.2, 0) is 11.3 Å². The summed E-state index contributed by atoms with van der Waals surface area (Å²) in [5.74, 6) is 0. The predicted molar refractivity (Wildman–Crippen MR) is 79.3 cm³/mol. The molecule has 0 aromatic carbocycles. The third-order valence-corrected chi connectivity index (χ3v) is 3.14. The monoisotopic (exact) mass is 287 g/mol. The molecule has 0 amide bonds. The number of aryl methyl sites for hydroxylation is 1. The maximum absolute atomic E-state index is 12.3. The molecule has 2 aromatic rings. The average Bonchev–Trinajstić information content (AvgIpc) is 2.49. The van der Waals surface area contributed by atoms with E-state index in [2.05, 4.69) is 4.98 Å². The van der Waals surface area contributed by atoms with Crippen molar-refractivity contribution in [1.82, 2.24) is 9.55 Å². The first-order valence-corrected chi connectivity index (χ1v) is 6.91. The van der Waals surface area contributed by atoms with Crippen molar-refractivity contribution in [2.24, 2.45) is 0 Å². The van der Waals surface area contributed by atoms with E-state index < -0.39 is 5.56 Å². The third kappa shape index (κ3) is 3.38. The molecule has 0 aliphatic rings. The van der Waals surface area contributed by atoms with E-state index >= 15 is 0 Å². The van der Waals surface area contributed by atoms with Crippen molar-refractivity contribution in [1.29, 1.82) is 5.26 Å². The number of nitrogens with one attached hydrogen (secondary N) is 1. The molecule has 6 heteroatoms. The van der Waals surface area contributed by atoms with Gasteiger partial charge < -0.3 is 14.3 Å². The first-order valence-electron chi connectivity index (χ1n) is 6.91. The minimum Gasteiger partial charge on any atom is -0.381 e. The highest BCUT2D eigenvalue weighted by Gasteiger charge is 2.07. The summed E-state index contributed by atoms with van der Waals surface area (Å²) in [4.78, 5) is 26.4. The standard InChI is InChI=1S/C15H17N3O3/c1-2-7-21-8-3-5-18-6-4-13-12(15(18)20)9-11(10-16)14(19)17-13/h4,6,9H,2-3,5,7-8H2,1H3,(H,17,19). The van der Waals surface area contributed by atoms with Gasteiger partial charge in [-0.2, -0.15) is 5.26 Å². The van der Waals surface area contributed by atoms with Gasteiger partial charge in [-0.1, -0.05) is 6.92 Å². The van der Waals surface area contributed by atoms with Crippen molar-refractivity contribution >= 4 is 10.9 Å². The van der Waals surface area contributed by atoms with Crippen molar-refractivity contribution in [3.05, 3.63) is 44.6 Å². The van der Waals surface area contributed by atoms with Gasteiger partial charge in [0.25, 0.3) is 11.1 Å². The van der Waals surface area contributed by atoms with Gasteiger partial charge in [0.1, 0.15) is 11.6 Å². The second kappa shape index (κ2) is 6.86. The summed E-state index contributed by atoms with van der Waals surface area (Å²) in [5.41, 5.74) is -0.294. The molecular weight excluding hydrogens is 270 g/mol. The average molecular weight is 287 g/mol. The van der Waals surface area contributed by atoms with Gasteiger partial charge >= 0.3 is 0 Å². The van der Waals surface area contributed by atoms with Gasteiger partial charge in [0, 0.05) is 26.0 Å². The quantitative estimate of drug-likeness (QED) is 0.813. The highest BCUT2D eigenvalue weighted by molar-refractivity contribution is 5.78. The van der Waals surface area contributed by atoms with Gasteiger partial charge in [-0.05, 0) is 25.0 Å². The van der Waals surface area contributed by atoms with E-state index in [0.717, 1.165) is 19.4 Å². The summed E-state index contributed by atoms with van der Waals surface area (Å²) >= 11 is 0. The molecule has 0 unspecified atom stereocenters. The molecule has 2 rings (SSSR count). The summed E-state index contributed by atoms with van der Waals surface area (Å²) in [7, 11) is 0. The van der Waals surface area contributed by atoms with Crippen LogP contribution < -0.4 is 11.1 Å². The van der Waals surface area contributed by atoms with E-state index in [1.165, 1.54) is 6.07 Å². The first-order chi connectivity index (χ1) is 10.2. The van der Waals surface area contributed by atoms with Crippen molar-refractivity contribution in [3.8, 4) is 6.07 Å². The fourth-order valence-electron chi connectivity index (χ4n) is 2.08. The molecule has 0 atom stereocenters. The zero-order valence-electron chi connectivity index (χ0n) is 11.9. The summed E-state index contributed by atoms with van der Waals surface area (Å²) < 4.78 is 6.94. The molecule has 0 saturated heterocycles. The second-order valence-electron chi connectivity index (χ2n) is 4.73. The van der Waals surface area contributed by atoms with Crippen LogP contribution in [0.3, 0.4) is 0 Å². The number of nitriles is 1. The van der Waals surface area contributed by atoms with Crippen molar-refractivity contribution in [2.45, 2.75) is 26.3 Å². The molecule has 1 N–H and O–H groups in total. The molecule has 0 bridgehead atoms. The van der Waals surface area contributed by atoms with E-state index in [9.17, 15) is 9.59 Å². The van der Waals surface area contributed by atoms with Crippen LogP contribution in [0.1, 0.15) is 25.3 Å². The Balaban J connectivity index is 2.25. The fourth-order valence-corrected chi connectivity index (χ4v) is 2.08. The van der Waals surface area contributed by atoms with E-state index in [1.807, 2.05) is 6.92 Å². The molecule has 21 heavy (non-hydrogen) atoms. The maximum Gasteiger partial charge on any atom is 0.266 e. The molecule has 0 saturated carbocycles. The molecule has 0 spiro atoms. The van der Waals surface area contributed by atoms with Gasteiger partial charge in [-0.3, -0.25) is 9.59 Å². The number of nitrogens with zero attached hydrogens (tertiary/aromatic N) is 2. The molecular formula is C15H17N3O3. The number of ether oxygens (including phenoxy) is 1. The lowest BCUT2D eigenvalue weighted by Crippen LogP contribution is -2.22. The number of aromatic amines is 1. The number of pyridine rings is 2. The maximum atomic E-state index is 12.3. The minimum absolute atomic E-state index is 0.0522. The number of rotatable bonds is 6. The van der Waals surface area contributed by atoms with Crippen LogP contribution in [0.5, 0.6) is 0 Å². The van der Waals surface area contributed by atoms with Crippen LogP contribution in [0, 0.1) is 11.3 Å². The van der Waals surface area contributed by atoms with Crippen LogP contribution >= 0.6 is 0 Å². The predicted octanol–water partition coefficient (Wildman–Crippen LogP) is 1.38. The van der Waals surface area contributed by atoms with Crippen LogP contribution in [-0.4, -0.2) is 22.8 Å². The Morgan fingerprint density at radius 1 is 1.38 bits per heavy atom. The van der Waals surface area contributed by atoms with Gasteiger partial charge in [-0.25, -0.2) is 0 Å². The highest BCUT2D eigenvalue weighted by Crippen LogP contribution is 2.05. The Labute approximate surface area is 121 Å². The Hall–Kier alpha value is -2.39. The largest absolute Gasteiger partial charge is 0.381 e. The van der Waals surface area contributed by atoms with Crippen molar-refractivity contribution in [3.63, 3.8) is 0 Å². The topological polar surface area (TPSA) is 87.9 Å². The van der Waals surface area contributed by atoms with Crippen molar-refractivity contribution < 1.29 is 4.74 Å². The molecule has 2 heterocycles. The third-order valence-electron chi connectivity index (χ3n) is 3.14. The smallest absolute Gasteiger partial charge is 0.266 e. The van der Waals surface area contributed by atoms with Gasteiger partial charge in [0.15, 0.2) is 0 Å². The number of H-pyrrole nitrogens is 1. The molecule has 2 aromatic heterocycles. The van der Waals surface area contributed by atoms with Crippen LogP contribution in [0.15, 0.2) is 27.9 Å². The Kier molecular flexibility index (Phi) is 4.90. The summed E-state index contributed by atoms with van der Waals surface area (Å²) in [6.07, 6.45) is 3.35. The molecule has 6 nitrogen and oxygen atoms in total. The van der Waals surface area contributed by atoms with Gasteiger partial charge in [0.2, 0.25) is 0 Å². The molecule has 0 radical (unpaired) electrons. The molecule has 0 aliphatic heterocycles. The molecule has 0 aliphatic carbocycles. The molecule has 110 valence electrons. The lowest BCUT2D eigenvalue weighted by molar-refractivity contribution is 0.129. The Morgan fingerprint density at radius 3 is 2.90 bits per heavy atom. The lowest BCUT2D eigenvalue weighted by atomic mass is 10.2. The van der Waals surface area contributed by atoms with E-state index in [1.54, 1.807) is 22.9 Å². The summed E-state index contributed by atoms with van der Waals surface area (Å²) in [6, 6.07) is 4.81. The molecule has 0 fully saturated rings. The summed E-state index contributed by atoms with van der Waals surface area (Å²) in [6.45, 7) is 3.91. The van der Waals surface area contributed by atoms with Gasteiger partial charge in [-0.15, -0.1) is 0 Å². The second-order valence-corrected chi connectivity index (χ2v) is 4.73. The fraction of sp³-hybridized carbons (Fsp3) is 0.400. The van der Waals surface area contributed by atoms with Crippen LogP contribution in [0.2, 0.25) is 0 Å². The SMILES string of the molecule is CCCOCCCn1ccc2[nH]c(=O)c(C#N)cc2c1=O. The van der Waals surface area contributed by atoms with Crippen LogP contribution in [0.25, 0.3) is 10.9 Å².